The van der Waals surface area contributed by atoms with Crippen LogP contribution in [-0.2, 0) is 25.5 Å². The zero-order valence-corrected chi connectivity index (χ0v) is 17.9. The maximum atomic E-state index is 12.2. The van der Waals surface area contributed by atoms with Gasteiger partial charge >= 0.3 is 130 Å². The molecule has 9 nitrogen and oxygen atoms in total. The van der Waals surface area contributed by atoms with Crippen molar-refractivity contribution in [2.75, 3.05) is 13.2 Å². The van der Waals surface area contributed by atoms with E-state index in [0.29, 0.717) is 13.0 Å². The Kier molecular flexibility index (Phi) is 7.17. The van der Waals surface area contributed by atoms with Crippen LogP contribution in [-0.4, -0.2) is 40.1 Å². The summed E-state index contributed by atoms with van der Waals surface area (Å²) in [6.45, 7) is -0.0428. The van der Waals surface area contributed by atoms with Gasteiger partial charge in [-0.1, -0.05) is 42.5 Å². The number of benzene rings is 2. The molecule has 0 saturated carbocycles. The fourth-order valence-electron chi connectivity index (χ4n) is 3.76. The van der Waals surface area contributed by atoms with E-state index < -0.39 is 37.6 Å². The second-order valence-corrected chi connectivity index (χ2v) is 7.71. The molecule has 2 aromatic carbocycles. The van der Waals surface area contributed by atoms with Gasteiger partial charge < -0.3 is 0 Å². The van der Waals surface area contributed by atoms with Crippen LogP contribution in [0.25, 0.3) is 10.8 Å². The quantitative estimate of drug-likeness (QED) is 0.242. The number of nitrogens with zero attached hydrogens (tertiary/aromatic N) is 1. The topological polar surface area (TPSA) is 120 Å². The van der Waals surface area contributed by atoms with Crippen LogP contribution < -0.4 is 11.2 Å². The average Bonchev–Trinajstić information content (AvgIpc) is 3.21. The van der Waals surface area contributed by atoms with Crippen molar-refractivity contribution in [3.05, 3.63) is 80.6 Å². The van der Waals surface area contributed by atoms with E-state index in [1.165, 1.54) is 6.20 Å². The summed E-state index contributed by atoms with van der Waals surface area (Å²) in [5.74, 6) is 0. The van der Waals surface area contributed by atoms with Gasteiger partial charge in [-0.3, -0.25) is 0 Å². The predicted octanol–water partition coefficient (Wildman–Crippen LogP) is 2.13. The summed E-state index contributed by atoms with van der Waals surface area (Å²) < 4.78 is 17.6. The molecule has 0 unspecified atom stereocenters. The molecule has 1 saturated heterocycles. The van der Waals surface area contributed by atoms with Crippen molar-refractivity contribution in [1.29, 1.82) is 0 Å². The molecule has 166 valence electrons. The number of hydrogen-bond acceptors (Lipinski definition) is 7. The van der Waals surface area contributed by atoms with Gasteiger partial charge in [0.05, 0.1) is 0 Å². The van der Waals surface area contributed by atoms with E-state index in [0.717, 1.165) is 20.9 Å². The van der Waals surface area contributed by atoms with E-state index >= 15 is 0 Å². The Morgan fingerprint density at radius 2 is 2.03 bits per heavy atom. The molecule has 3 aromatic rings. The zero-order valence-electron chi connectivity index (χ0n) is 17.0. The predicted molar refractivity (Wildman–Crippen MR) is 116 cm³/mol. The van der Waals surface area contributed by atoms with Crippen molar-refractivity contribution in [2.24, 2.45) is 0 Å². The molecule has 4 rings (SSSR count). The summed E-state index contributed by atoms with van der Waals surface area (Å²) in [7, 11) is -0.486. The number of H-pyrrole nitrogens is 1. The Bertz CT molecular complexity index is 1330. The van der Waals surface area contributed by atoms with Gasteiger partial charge in [0.1, 0.15) is 0 Å². The van der Waals surface area contributed by atoms with E-state index in [9.17, 15) is 19.3 Å². The Balaban J connectivity index is 1.40. The van der Waals surface area contributed by atoms with E-state index in [-0.39, 0.29) is 18.6 Å². The minimum atomic E-state index is -0.799. The van der Waals surface area contributed by atoms with Gasteiger partial charge in [-0.15, -0.1) is 0 Å². The van der Waals surface area contributed by atoms with Crippen molar-refractivity contribution in [2.45, 2.75) is 31.3 Å². The molecular weight excluding hydrogens is 435 g/mol. The number of aliphatic hydroxyl groups is 1. The zero-order chi connectivity index (χ0) is 22.5. The number of aromatic nitrogens is 2. The number of aliphatic hydroxyl groups excluding tert-OH is 1. The third-order valence-corrected chi connectivity index (χ3v) is 5.66. The van der Waals surface area contributed by atoms with Crippen molar-refractivity contribution >= 4 is 18.7 Å². The van der Waals surface area contributed by atoms with Gasteiger partial charge in [-0.05, 0) is 10.8 Å². The molecule has 2 N–H and O–H groups in total. The summed E-state index contributed by atoms with van der Waals surface area (Å²) in [6.07, 6.45) is -0.0808. The molecule has 2 heterocycles. The molecule has 0 spiro atoms. The summed E-state index contributed by atoms with van der Waals surface area (Å²) in [6, 6.07) is 14.2. The van der Waals surface area contributed by atoms with Gasteiger partial charge in [-0.2, -0.15) is 0 Å². The number of hydrogen-bond donors (Lipinski definition) is 2. The van der Waals surface area contributed by atoms with Crippen molar-refractivity contribution < 1.29 is 24.2 Å². The van der Waals surface area contributed by atoms with Gasteiger partial charge in [0.2, 0.25) is 0 Å². The second kappa shape index (κ2) is 10.2. The van der Waals surface area contributed by atoms with Crippen molar-refractivity contribution in [1.82, 2.24) is 9.55 Å². The van der Waals surface area contributed by atoms with Gasteiger partial charge in [0, 0.05) is 0 Å². The Morgan fingerprint density at radius 1 is 1.22 bits per heavy atom. The average molecular weight is 456 g/mol. The van der Waals surface area contributed by atoms with Gasteiger partial charge in [-0.25, -0.2) is 0 Å². The Labute approximate surface area is 183 Å². The van der Waals surface area contributed by atoms with Crippen LogP contribution in [0, 0.1) is 5.63 Å². The molecule has 1 aliphatic rings. The number of fused-ring (bicyclic) bond motifs is 1. The fourth-order valence-corrected chi connectivity index (χ4v) is 4.02. The van der Waals surface area contributed by atoms with Crippen LogP contribution in [0.4, 0.5) is 0 Å². The van der Waals surface area contributed by atoms with Crippen LogP contribution in [0.3, 0.4) is 0 Å². The molecular formula is C22H21N2O7P. The SMILES string of the molecule is O=P#Cc1cn([C@H]2C[C@H](OOCCc3cccc4ccccc34)[C@@H](CO)O2)c(=O)[nH]c1=O. The molecule has 3 atom stereocenters. The van der Waals surface area contributed by atoms with Crippen LogP contribution in [0.1, 0.15) is 23.8 Å². The molecule has 0 amide bonds. The third-order valence-electron chi connectivity index (χ3n) is 5.33. The van der Waals surface area contributed by atoms with E-state index in [1.807, 2.05) is 36.4 Å². The summed E-state index contributed by atoms with van der Waals surface area (Å²) in [5, 5.41) is 11.9. The minimum absolute atomic E-state index is 0.0545. The van der Waals surface area contributed by atoms with Crippen LogP contribution in [0.5, 0.6) is 0 Å². The maximum absolute atomic E-state index is 12.2. The van der Waals surface area contributed by atoms with Crippen molar-refractivity contribution in [3.8, 4) is 5.63 Å². The molecule has 0 bridgehead atoms. The Morgan fingerprint density at radius 3 is 2.84 bits per heavy atom. The van der Waals surface area contributed by atoms with Gasteiger partial charge in [0.25, 0.3) is 0 Å². The van der Waals surface area contributed by atoms with Crippen LogP contribution >= 0.6 is 7.92 Å². The van der Waals surface area contributed by atoms with Crippen molar-refractivity contribution in [3.63, 3.8) is 0 Å². The first kappa shape index (κ1) is 22.4. The molecule has 1 aromatic heterocycles. The van der Waals surface area contributed by atoms with E-state index in [4.69, 9.17) is 14.5 Å². The Hall–Kier alpha value is -2.77. The summed E-state index contributed by atoms with van der Waals surface area (Å²) >= 11 is 0. The first-order valence-corrected chi connectivity index (χ1v) is 10.9. The van der Waals surface area contributed by atoms with Crippen LogP contribution in [0.15, 0.2) is 58.3 Å². The molecule has 0 radical (unpaired) electrons. The van der Waals surface area contributed by atoms with E-state index in [2.05, 4.69) is 16.7 Å². The normalized spacial score (nSPS) is 20.3. The van der Waals surface area contributed by atoms with Gasteiger partial charge in [0.15, 0.2) is 0 Å². The van der Waals surface area contributed by atoms with Crippen LogP contribution in [0.2, 0.25) is 0 Å². The molecule has 32 heavy (non-hydrogen) atoms. The first-order chi connectivity index (χ1) is 15.6. The molecule has 1 fully saturated rings. The first-order valence-electron chi connectivity index (χ1n) is 10.1. The molecule has 0 aliphatic carbocycles. The monoisotopic (exact) mass is 456 g/mol. The standard InChI is InChI=1S/C22H21N2O7P/c25-12-19-18(10-20(30-19)24-11-16(13-32-28)21(26)23-22(24)27)31-29-9-8-15-6-3-5-14-4-1-2-7-17(14)15/h1-7,11,18-20,25H,8-10,12H2,(H,23,26,27)/t18-,19+,20+/m0/s1. The number of nitrogens with one attached hydrogen (secondary N) is 1. The molecule has 10 heteroatoms. The third kappa shape index (κ3) is 4.84. The van der Waals surface area contributed by atoms with E-state index in [1.54, 1.807) is 0 Å². The number of aromatic amines is 1. The number of ether oxygens (including phenoxy) is 1. The number of rotatable bonds is 7. The molecule has 1 aliphatic heterocycles. The fraction of sp³-hybridized carbons (Fsp3) is 0.318. The second-order valence-electron chi connectivity index (χ2n) is 7.30. The summed E-state index contributed by atoms with van der Waals surface area (Å²) in [4.78, 5) is 37.0. The summed E-state index contributed by atoms with van der Waals surface area (Å²) in [5.41, 5.74) is 2.01.